The number of aromatic nitrogens is 2. The molecule has 0 aliphatic carbocycles. The van der Waals surface area contributed by atoms with Gasteiger partial charge in [0.05, 0.1) is 22.5 Å². The van der Waals surface area contributed by atoms with Crippen molar-refractivity contribution in [3.05, 3.63) is 89.0 Å². The van der Waals surface area contributed by atoms with Crippen molar-refractivity contribution in [3.63, 3.8) is 0 Å². The maximum absolute atomic E-state index is 13.2. The molecule has 1 aromatic heterocycles. The van der Waals surface area contributed by atoms with Crippen molar-refractivity contribution in [1.82, 2.24) is 20.4 Å². The molecule has 174 valence electrons. The molecule has 6 nitrogen and oxygen atoms in total. The predicted molar refractivity (Wildman–Crippen MR) is 104 cm³/mol. The monoisotopic (exact) mass is 488 g/mol. The first-order valence-corrected chi connectivity index (χ1v) is 11.1. The molecule has 0 fully saturated rings. The van der Waals surface area contributed by atoms with Crippen LogP contribution in [0.2, 0.25) is 0 Å². The summed E-state index contributed by atoms with van der Waals surface area (Å²) in [4.78, 5) is 7.75. The van der Waals surface area contributed by atoms with E-state index in [9.17, 15) is 34.8 Å². The van der Waals surface area contributed by atoms with Gasteiger partial charge in [-0.3, -0.25) is 5.01 Å². The molecule has 0 saturated heterocycles. The molecule has 2 aliphatic rings. The lowest BCUT2D eigenvalue weighted by atomic mass is 9.86. The van der Waals surface area contributed by atoms with Gasteiger partial charge in [-0.05, 0) is 42.0 Å². The Morgan fingerprint density at radius 1 is 0.970 bits per heavy atom. The number of halogens is 6. The zero-order chi connectivity index (χ0) is 24.2. The maximum Gasteiger partial charge on any atom is 0.417 e. The topological polar surface area (TPSA) is 75.2 Å². The highest BCUT2D eigenvalue weighted by Crippen LogP contribution is 2.41. The average Bonchev–Trinajstić information content (AvgIpc) is 3.12. The van der Waals surface area contributed by atoms with Gasteiger partial charge in [0, 0.05) is 18.7 Å². The zero-order valence-corrected chi connectivity index (χ0v) is 17.4. The van der Waals surface area contributed by atoms with Gasteiger partial charge in [-0.25, -0.2) is 23.8 Å². The van der Waals surface area contributed by atoms with Gasteiger partial charge in [0.15, 0.2) is 0 Å². The van der Waals surface area contributed by atoms with Crippen molar-refractivity contribution in [3.8, 4) is 0 Å². The molecule has 1 N–H and O–H groups in total. The molecular weight excluding hydrogens is 474 g/mol. The lowest BCUT2D eigenvalue weighted by Gasteiger charge is -2.31. The Morgan fingerprint density at radius 3 is 2.21 bits per heavy atom. The fourth-order valence-corrected chi connectivity index (χ4v) is 3.94. The highest BCUT2D eigenvalue weighted by atomic mass is 32.2. The van der Waals surface area contributed by atoms with Gasteiger partial charge in [-0.2, -0.15) is 26.3 Å². The van der Waals surface area contributed by atoms with E-state index in [2.05, 4.69) is 15.4 Å². The minimum Gasteiger partial charge on any atom is -0.282 e. The molecule has 3 heterocycles. The summed E-state index contributed by atoms with van der Waals surface area (Å²) in [5.41, 5.74) is -0.198. The highest BCUT2D eigenvalue weighted by Gasteiger charge is 2.44. The number of nitrogens with one attached hydrogen (secondary N) is 1. The Bertz CT molecular complexity index is 1300. The van der Waals surface area contributed by atoms with Gasteiger partial charge in [0.1, 0.15) is 5.54 Å². The van der Waals surface area contributed by atoms with Crippen LogP contribution in [0.15, 0.2) is 77.4 Å². The summed E-state index contributed by atoms with van der Waals surface area (Å²) >= 11 is 0. The molecule has 2 aliphatic heterocycles. The van der Waals surface area contributed by atoms with Gasteiger partial charge in [0.25, 0.3) is 0 Å². The number of allylic oxidation sites excluding steroid dienone is 3. The minimum absolute atomic E-state index is 0.00921. The number of hydrogen-bond donors (Lipinski definition) is 1. The fraction of sp³-hybridized carbons (Fsp3) is 0.200. The average molecular weight is 488 g/mol. The van der Waals surface area contributed by atoms with Gasteiger partial charge in [0.2, 0.25) is 15.0 Å². The van der Waals surface area contributed by atoms with E-state index in [0.29, 0.717) is 0 Å². The van der Waals surface area contributed by atoms with E-state index < -0.39 is 44.0 Å². The van der Waals surface area contributed by atoms with Crippen molar-refractivity contribution in [2.45, 2.75) is 23.0 Å². The van der Waals surface area contributed by atoms with Crippen LogP contribution in [0.5, 0.6) is 0 Å². The van der Waals surface area contributed by atoms with E-state index in [-0.39, 0.29) is 17.0 Å². The van der Waals surface area contributed by atoms with E-state index in [0.717, 1.165) is 54.0 Å². The summed E-state index contributed by atoms with van der Waals surface area (Å²) in [6.07, 6.45) is -2.94. The SMILES string of the molecule is CS(=O)(=O)c1nccc(C2(c3ccc(C(F)(F)F)cc3)C=C3C=CC(C(F)(F)F)=CN3N2)n1. The Kier molecular flexibility index (Phi) is 5.17. The van der Waals surface area contributed by atoms with Gasteiger partial charge < -0.3 is 0 Å². The molecule has 33 heavy (non-hydrogen) atoms. The van der Waals surface area contributed by atoms with Gasteiger partial charge in [-0.1, -0.05) is 12.1 Å². The number of alkyl halides is 6. The van der Waals surface area contributed by atoms with E-state index in [4.69, 9.17) is 0 Å². The van der Waals surface area contributed by atoms with E-state index in [1.807, 2.05) is 0 Å². The molecule has 0 saturated carbocycles. The van der Waals surface area contributed by atoms with Gasteiger partial charge >= 0.3 is 12.4 Å². The second kappa shape index (κ2) is 7.42. The van der Waals surface area contributed by atoms with Gasteiger partial charge in [-0.15, -0.1) is 0 Å². The van der Waals surface area contributed by atoms with E-state index in [1.165, 1.54) is 18.2 Å². The summed E-state index contributed by atoms with van der Waals surface area (Å²) in [5, 5.41) is 0.515. The first-order chi connectivity index (χ1) is 15.2. The summed E-state index contributed by atoms with van der Waals surface area (Å²) in [7, 11) is -3.85. The van der Waals surface area contributed by atoms with E-state index >= 15 is 0 Å². The second-order valence-corrected chi connectivity index (χ2v) is 9.26. The van der Waals surface area contributed by atoms with Crippen molar-refractivity contribution in [1.29, 1.82) is 0 Å². The third-order valence-corrected chi connectivity index (χ3v) is 5.87. The third-order valence-electron chi connectivity index (χ3n) is 5.01. The number of nitrogens with zero attached hydrogens (tertiary/aromatic N) is 3. The molecule has 1 unspecified atom stereocenters. The number of fused-ring (bicyclic) bond motifs is 1. The Hall–Kier alpha value is -3.19. The first-order valence-electron chi connectivity index (χ1n) is 9.18. The van der Waals surface area contributed by atoms with Crippen molar-refractivity contribution in [2.75, 3.05) is 6.26 Å². The zero-order valence-electron chi connectivity index (χ0n) is 16.6. The molecule has 0 bridgehead atoms. The van der Waals surface area contributed by atoms with Crippen LogP contribution < -0.4 is 5.43 Å². The number of rotatable bonds is 3. The lowest BCUT2D eigenvalue weighted by molar-refractivity contribution is -0.137. The van der Waals surface area contributed by atoms with Crippen molar-refractivity contribution in [2.24, 2.45) is 0 Å². The van der Waals surface area contributed by atoms with Crippen LogP contribution in [0.4, 0.5) is 26.3 Å². The fourth-order valence-electron chi connectivity index (χ4n) is 3.43. The molecular formula is C20H14F6N4O2S. The number of sulfone groups is 1. The molecule has 4 rings (SSSR count). The van der Waals surface area contributed by atoms with Crippen molar-refractivity contribution >= 4 is 9.84 Å². The molecule has 1 atom stereocenters. The van der Waals surface area contributed by atoms with Crippen LogP contribution in [0.25, 0.3) is 0 Å². The van der Waals surface area contributed by atoms with Crippen LogP contribution in [-0.2, 0) is 21.6 Å². The number of hydrazine groups is 1. The quantitative estimate of drug-likeness (QED) is 0.523. The van der Waals surface area contributed by atoms with Crippen LogP contribution in [0, 0.1) is 0 Å². The van der Waals surface area contributed by atoms with Crippen LogP contribution >= 0.6 is 0 Å². The normalized spacial score (nSPS) is 21.0. The summed E-state index contributed by atoms with van der Waals surface area (Å²) in [5.74, 6) is 0. The summed E-state index contributed by atoms with van der Waals surface area (Å²) in [6, 6.07) is 5.25. The van der Waals surface area contributed by atoms with E-state index in [1.54, 1.807) is 0 Å². The van der Waals surface area contributed by atoms with Crippen LogP contribution in [-0.4, -0.2) is 35.8 Å². The second-order valence-electron chi connectivity index (χ2n) is 7.35. The molecule has 2 aromatic rings. The minimum atomic E-state index is -4.64. The van der Waals surface area contributed by atoms with Crippen LogP contribution in [0.1, 0.15) is 16.8 Å². The summed E-state index contributed by atoms with van der Waals surface area (Å²) in [6.45, 7) is 0. The molecule has 0 radical (unpaired) electrons. The Balaban J connectivity index is 1.89. The predicted octanol–water partition coefficient (Wildman–Crippen LogP) is 3.86. The lowest BCUT2D eigenvalue weighted by Crippen LogP contribution is -2.45. The third kappa shape index (κ3) is 4.25. The number of hydrogen-bond acceptors (Lipinski definition) is 6. The Labute approximate surface area is 183 Å². The summed E-state index contributed by atoms with van der Waals surface area (Å²) < 4.78 is 103. The molecule has 0 amide bonds. The molecule has 1 aromatic carbocycles. The molecule has 13 heteroatoms. The van der Waals surface area contributed by atoms with Crippen molar-refractivity contribution < 1.29 is 34.8 Å². The standard InChI is InChI=1S/C20H14F6N4O2S/c1-33(31,32)17-27-9-8-16(28-17)18(12-2-4-13(5-3-12)19(21,22)23)10-15-7-6-14(20(24,25)26)11-30(15)29-18/h2-11,29H,1H3. The maximum atomic E-state index is 13.2. The molecule has 0 spiro atoms. The number of benzene rings is 1. The first kappa shape index (κ1) is 23.0. The highest BCUT2D eigenvalue weighted by molar-refractivity contribution is 7.90. The van der Waals surface area contributed by atoms with Crippen LogP contribution in [0.3, 0.4) is 0 Å². The smallest absolute Gasteiger partial charge is 0.282 e. The Morgan fingerprint density at radius 2 is 1.64 bits per heavy atom. The largest absolute Gasteiger partial charge is 0.417 e.